The average molecular weight is 431 g/mol. The zero-order chi connectivity index (χ0) is 21.0. The Morgan fingerprint density at radius 3 is 2.52 bits per heavy atom. The molecule has 152 valence electrons. The number of carbonyl (C=O) groups excluding carboxylic acids is 1. The Bertz CT molecular complexity index is 1080. The fraction of sp³-hybridized carbons (Fsp3) is 0.250. The number of rotatable bonds is 7. The van der Waals surface area contributed by atoms with Crippen LogP contribution in [-0.4, -0.2) is 41.7 Å². The van der Waals surface area contributed by atoms with Crippen LogP contribution in [0.5, 0.6) is 0 Å². The number of aromatic nitrogens is 2. The van der Waals surface area contributed by atoms with Gasteiger partial charge in [0.2, 0.25) is 15.9 Å². The molecule has 1 amide bonds. The number of nitrogens with one attached hydrogen (secondary N) is 1. The number of sulfonamides is 1. The molecule has 2 aromatic heterocycles. The summed E-state index contributed by atoms with van der Waals surface area (Å²) >= 11 is 1.44. The molecule has 0 bridgehead atoms. The van der Waals surface area contributed by atoms with E-state index in [1.165, 1.54) is 27.8 Å². The van der Waals surface area contributed by atoms with E-state index in [1.807, 2.05) is 37.4 Å². The van der Waals surface area contributed by atoms with E-state index in [0.29, 0.717) is 11.4 Å². The van der Waals surface area contributed by atoms with Crippen molar-refractivity contribution in [1.29, 1.82) is 0 Å². The fourth-order valence-corrected chi connectivity index (χ4v) is 4.68. The summed E-state index contributed by atoms with van der Waals surface area (Å²) in [6.45, 7) is 3.62. The van der Waals surface area contributed by atoms with Crippen LogP contribution in [0.25, 0.3) is 10.7 Å². The van der Waals surface area contributed by atoms with Crippen LogP contribution < -0.4 is 5.32 Å². The van der Waals surface area contributed by atoms with Gasteiger partial charge in [0.1, 0.15) is 5.01 Å². The van der Waals surface area contributed by atoms with E-state index in [1.54, 1.807) is 25.4 Å². The van der Waals surface area contributed by atoms with Gasteiger partial charge in [0, 0.05) is 30.4 Å². The van der Waals surface area contributed by atoms with Gasteiger partial charge in [0.25, 0.3) is 0 Å². The second-order valence-corrected chi connectivity index (χ2v) is 9.58. The first-order valence-corrected chi connectivity index (χ1v) is 11.3. The van der Waals surface area contributed by atoms with Gasteiger partial charge >= 0.3 is 0 Å². The van der Waals surface area contributed by atoms with Crippen molar-refractivity contribution in [3.8, 4) is 10.7 Å². The van der Waals surface area contributed by atoms with Crippen LogP contribution in [0.15, 0.2) is 58.9 Å². The van der Waals surface area contributed by atoms with E-state index >= 15 is 0 Å². The number of thiazole rings is 1. The minimum Gasteiger partial charge on any atom is -0.326 e. The van der Waals surface area contributed by atoms with Crippen molar-refractivity contribution >= 4 is 33.0 Å². The van der Waals surface area contributed by atoms with Crippen molar-refractivity contribution in [2.75, 3.05) is 12.4 Å². The van der Waals surface area contributed by atoms with Gasteiger partial charge in [-0.2, -0.15) is 4.31 Å². The summed E-state index contributed by atoms with van der Waals surface area (Å²) in [4.78, 5) is 21.2. The second kappa shape index (κ2) is 8.81. The lowest BCUT2D eigenvalue weighted by atomic mass is 10.3. The highest BCUT2D eigenvalue weighted by molar-refractivity contribution is 7.89. The maximum absolute atomic E-state index is 12.5. The Labute approximate surface area is 174 Å². The van der Waals surface area contributed by atoms with E-state index in [0.717, 1.165) is 10.7 Å². The molecule has 0 radical (unpaired) electrons. The first-order chi connectivity index (χ1) is 13.8. The number of anilines is 1. The van der Waals surface area contributed by atoms with Crippen LogP contribution >= 0.6 is 11.3 Å². The number of carbonyl (C=O) groups is 1. The Balaban J connectivity index is 1.64. The van der Waals surface area contributed by atoms with Crippen LogP contribution in [0, 0.1) is 0 Å². The van der Waals surface area contributed by atoms with Gasteiger partial charge in [-0.05, 0) is 50.2 Å². The van der Waals surface area contributed by atoms with Crippen molar-refractivity contribution < 1.29 is 13.2 Å². The van der Waals surface area contributed by atoms with Crippen molar-refractivity contribution in [1.82, 2.24) is 14.3 Å². The first kappa shape index (κ1) is 21.1. The normalized spacial score (nSPS) is 11.8. The second-order valence-electron chi connectivity index (χ2n) is 6.72. The molecule has 1 aromatic carbocycles. The molecule has 0 aliphatic carbocycles. The number of nitrogens with zero attached hydrogens (tertiary/aromatic N) is 3. The predicted octanol–water partition coefficient (Wildman–Crippen LogP) is 3.42. The molecule has 0 fully saturated rings. The van der Waals surface area contributed by atoms with E-state index in [2.05, 4.69) is 15.3 Å². The molecule has 9 heteroatoms. The summed E-state index contributed by atoms with van der Waals surface area (Å²) in [5, 5.41) is 5.37. The molecular formula is C20H22N4O3S2. The van der Waals surface area contributed by atoms with Gasteiger partial charge in [0.15, 0.2) is 0 Å². The van der Waals surface area contributed by atoms with E-state index in [4.69, 9.17) is 0 Å². The lowest BCUT2D eigenvalue weighted by Crippen LogP contribution is -2.33. The first-order valence-electron chi connectivity index (χ1n) is 9.01. The SMILES string of the molecule is CC(C)N(C)S(=O)(=O)c1ccc(NC(=O)Cc2csc(-c3ccccn3)n2)cc1. The maximum Gasteiger partial charge on any atom is 0.243 e. The lowest BCUT2D eigenvalue weighted by Gasteiger charge is -2.21. The summed E-state index contributed by atoms with van der Waals surface area (Å²) in [5.41, 5.74) is 1.96. The molecule has 0 saturated carbocycles. The highest BCUT2D eigenvalue weighted by Gasteiger charge is 2.22. The van der Waals surface area contributed by atoms with Crippen LogP contribution in [0.1, 0.15) is 19.5 Å². The Hall–Kier alpha value is -2.62. The zero-order valence-electron chi connectivity index (χ0n) is 16.4. The Morgan fingerprint density at radius 2 is 1.90 bits per heavy atom. The third-order valence-corrected chi connectivity index (χ3v) is 7.28. The molecule has 7 nitrogen and oxygen atoms in total. The highest BCUT2D eigenvalue weighted by Crippen LogP contribution is 2.22. The highest BCUT2D eigenvalue weighted by atomic mass is 32.2. The van der Waals surface area contributed by atoms with Crippen LogP contribution in [-0.2, 0) is 21.2 Å². The Morgan fingerprint density at radius 1 is 1.17 bits per heavy atom. The molecule has 1 N–H and O–H groups in total. The zero-order valence-corrected chi connectivity index (χ0v) is 18.0. The smallest absolute Gasteiger partial charge is 0.243 e. The number of hydrogen-bond donors (Lipinski definition) is 1. The molecule has 0 aliphatic rings. The maximum atomic E-state index is 12.5. The molecule has 0 atom stereocenters. The van der Waals surface area contributed by atoms with Crippen LogP contribution in [0.4, 0.5) is 5.69 Å². The molecule has 3 aromatic rings. The minimum absolute atomic E-state index is 0.124. The molecule has 0 unspecified atom stereocenters. The van der Waals surface area contributed by atoms with Crippen LogP contribution in [0.2, 0.25) is 0 Å². The molecule has 0 spiro atoms. The van der Waals surface area contributed by atoms with Gasteiger partial charge in [-0.1, -0.05) is 6.07 Å². The average Bonchev–Trinajstić information content (AvgIpc) is 3.16. The standard InChI is InChI=1S/C20H22N4O3S2/c1-14(2)24(3)29(26,27)17-9-7-15(8-10-17)22-19(25)12-16-13-28-20(23-16)18-6-4-5-11-21-18/h4-11,13-14H,12H2,1-3H3,(H,22,25). The van der Waals surface area contributed by atoms with Crippen molar-refractivity contribution in [2.24, 2.45) is 0 Å². The summed E-state index contributed by atoms with van der Waals surface area (Å²) in [6.07, 6.45) is 1.82. The van der Waals surface area contributed by atoms with E-state index < -0.39 is 10.0 Å². The molecule has 2 heterocycles. The summed E-state index contributed by atoms with van der Waals surface area (Å²) in [6, 6.07) is 11.6. The quantitative estimate of drug-likeness (QED) is 0.620. The van der Waals surface area contributed by atoms with Crippen molar-refractivity contribution in [3.05, 3.63) is 59.7 Å². The number of benzene rings is 1. The largest absolute Gasteiger partial charge is 0.326 e. The summed E-state index contributed by atoms with van der Waals surface area (Å²) < 4.78 is 26.3. The number of pyridine rings is 1. The third kappa shape index (κ3) is 5.06. The Kier molecular flexibility index (Phi) is 6.41. The number of hydrogen-bond acceptors (Lipinski definition) is 6. The van der Waals surface area contributed by atoms with Crippen LogP contribution in [0.3, 0.4) is 0 Å². The topological polar surface area (TPSA) is 92.3 Å². The van der Waals surface area contributed by atoms with E-state index in [-0.39, 0.29) is 23.3 Å². The third-order valence-electron chi connectivity index (χ3n) is 4.32. The van der Waals surface area contributed by atoms with E-state index in [9.17, 15) is 13.2 Å². The van der Waals surface area contributed by atoms with Gasteiger partial charge in [-0.25, -0.2) is 13.4 Å². The number of amides is 1. The predicted molar refractivity (Wildman–Crippen MR) is 114 cm³/mol. The lowest BCUT2D eigenvalue weighted by molar-refractivity contribution is -0.115. The molecule has 0 saturated heterocycles. The molecule has 0 aliphatic heterocycles. The van der Waals surface area contributed by atoms with Crippen molar-refractivity contribution in [3.63, 3.8) is 0 Å². The summed E-state index contributed by atoms with van der Waals surface area (Å²) in [7, 11) is -2.01. The van der Waals surface area contributed by atoms with Gasteiger partial charge in [0.05, 0.1) is 22.7 Å². The summed E-state index contributed by atoms with van der Waals surface area (Å²) in [5.74, 6) is -0.224. The van der Waals surface area contributed by atoms with Gasteiger partial charge in [-0.3, -0.25) is 9.78 Å². The van der Waals surface area contributed by atoms with Gasteiger partial charge < -0.3 is 5.32 Å². The fourth-order valence-electron chi connectivity index (χ4n) is 2.52. The monoisotopic (exact) mass is 430 g/mol. The minimum atomic E-state index is -3.55. The molecule has 29 heavy (non-hydrogen) atoms. The molecular weight excluding hydrogens is 408 g/mol. The van der Waals surface area contributed by atoms with Gasteiger partial charge in [-0.15, -0.1) is 11.3 Å². The molecule has 3 rings (SSSR count). The van der Waals surface area contributed by atoms with Crippen molar-refractivity contribution in [2.45, 2.75) is 31.2 Å².